The first-order chi connectivity index (χ1) is 9.08. The summed E-state index contributed by atoms with van der Waals surface area (Å²) in [5.74, 6) is -0.315. The lowest BCUT2D eigenvalue weighted by Crippen LogP contribution is -2.44. The molecule has 3 aliphatic heterocycles. The predicted octanol–water partition coefficient (Wildman–Crippen LogP) is -0.0166. The Morgan fingerprint density at radius 2 is 2.16 bits per heavy atom. The van der Waals surface area contributed by atoms with Crippen molar-refractivity contribution in [2.45, 2.75) is 31.3 Å². The molecule has 0 aromatic heterocycles. The molecule has 104 valence electrons. The Morgan fingerprint density at radius 3 is 2.74 bits per heavy atom. The van der Waals surface area contributed by atoms with Crippen LogP contribution in [0.1, 0.15) is 19.3 Å². The first-order valence-electron chi connectivity index (χ1n) is 6.47. The number of hydrogen-bond acceptors (Lipinski definition) is 4. The highest BCUT2D eigenvalue weighted by Gasteiger charge is 2.51. The average molecular weight is 284 g/mol. The Morgan fingerprint density at radius 1 is 1.37 bits per heavy atom. The van der Waals surface area contributed by atoms with E-state index in [0.29, 0.717) is 18.1 Å². The number of fused-ring (bicyclic) bond motifs is 2. The van der Waals surface area contributed by atoms with Gasteiger partial charge in [-0.15, -0.1) is 11.8 Å². The monoisotopic (exact) mass is 284 g/mol. The van der Waals surface area contributed by atoms with Crippen molar-refractivity contribution < 1.29 is 19.5 Å². The van der Waals surface area contributed by atoms with Gasteiger partial charge >= 0.3 is 5.97 Å². The Hall–Kier alpha value is -1.24. The van der Waals surface area contributed by atoms with Crippen molar-refractivity contribution in [2.75, 3.05) is 18.2 Å². The van der Waals surface area contributed by atoms with Crippen LogP contribution in [0.3, 0.4) is 0 Å². The standard InChI is InChI=1S/C12H16N2O4S/c15-10(4-13-6-19-5-11(13)16)14-7-1-2-9(14)8(3-7)12(17)18/h7-9H,1-6H2,(H,17,18). The molecule has 3 rings (SSSR count). The summed E-state index contributed by atoms with van der Waals surface area (Å²) in [4.78, 5) is 38.3. The fourth-order valence-corrected chi connectivity index (χ4v) is 4.33. The van der Waals surface area contributed by atoms with E-state index in [0.717, 1.165) is 12.8 Å². The van der Waals surface area contributed by atoms with Crippen LogP contribution in [0.4, 0.5) is 0 Å². The van der Waals surface area contributed by atoms with Crippen LogP contribution in [0.5, 0.6) is 0 Å². The quantitative estimate of drug-likeness (QED) is 0.788. The van der Waals surface area contributed by atoms with Gasteiger partial charge in [0.15, 0.2) is 0 Å². The van der Waals surface area contributed by atoms with Gasteiger partial charge in [0.25, 0.3) is 0 Å². The van der Waals surface area contributed by atoms with E-state index in [-0.39, 0.29) is 30.4 Å². The smallest absolute Gasteiger partial charge is 0.308 e. The number of aliphatic carboxylic acids is 1. The summed E-state index contributed by atoms with van der Waals surface area (Å²) in [6.45, 7) is 0.102. The molecular weight excluding hydrogens is 268 g/mol. The van der Waals surface area contributed by atoms with E-state index in [1.807, 2.05) is 0 Å². The molecule has 0 spiro atoms. The molecular formula is C12H16N2O4S. The minimum absolute atomic E-state index is 0.000298. The minimum Gasteiger partial charge on any atom is -0.481 e. The Balaban J connectivity index is 1.67. The number of rotatable bonds is 3. The molecule has 3 fully saturated rings. The van der Waals surface area contributed by atoms with Crippen molar-refractivity contribution >= 4 is 29.5 Å². The van der Waals surface area contributed by atoms with Crippen molar-refractivity contribution in [3.8, 4) is 0 Å². The Kier molecular flexibility index (Phi) is 3.16. The van der Waals surface area contributed by atoms with Gasteiger partial charge in [-0.2, -0.15) is 0 Å². The molecule has 7 heteroatoms. The summed E-state index contributed by atoms with van der Waals surface area (Å²) in [5.41, 5.74) is 0. The third kappa shape index (κ3) is 2.09. The molecule has 6 nitrogen and oxygen atoms in total. The summed E-state index contributed by atoms with van der Waals surface area (Å²) < 4.78 is 0. The van der Waals surface area contributed by atoms with E-state index < -0.39 is 11.9 Å². The van der Waals surface area contributed by atoms with Crippen LogP contribution in [0, 0.1) is 5.92 Å². The molecule has 0 radical (unpaired) electrons. The van der Waals surface area contributed by atoms with Crippen LogP contribution in [0.25, 0.3) is 0 Å². The topological polar surface area (TPSA) is 77.9 Å². The molecule has 1 N–H and O–H groups in total. The summed E-state index contributed by atoms with van der Waals surface area (Å²) in [7, 11) is 0. The van der Waals surface area contributed by atoms with Gasteiger partial charge in [0.2, 0.25) is 11.8 Å². The van der Waals surface area contributed by atoms with Gasteiger partial charge in [-0.05, 0) is 19.3 Å². The van der Waals surface area contributed by atoms with Crippen molar-refractivity contribution in [3.05, 3.63) is 0 Å². The molecule has 0 saturated carbocycles. The third-order valence-corrected chi connectivity index (χ3v) is 5.24. The largest absolute Gasteiger partial charge is 0.481 e. The minimum atomic E-state index is -0.808. The maximum absolute atomic E-state index is 12.3. The van der Waals surface area contributed by atoms with Gasteiger partial charge in [-0.1, -0.05) is 0 Å². The number of carboxylic acid groups (broad SMARTS) is 1. The SMILES string of the molecule is O=C(O)C1CC2CCC1N2C(=O)CN1CSCC1=O. The fourth-order valence-electron chi connectivity index (χ4n) is 3.43. The Labute approximate surface area is 115 Å². The second-order valence-corrected chi connectivity index (χ2v) is 6.30. The van der Waals surface area contributed by atoms with E-state index in [1.54, 1.807) is 9.80 Å². The molecule has 3 atom stereocenters. The molecule has 0 aromatic carbocycles. The number of hydrogen-bond donors (Lipinski definition) is 1. The number of carbonyl (C=O) groups is 3. The first-order valence-corrected chi connectivity index (χ1v) is 7.63. The maximum Gasteiger partial charge on any atom is 0.308 e. The summed E-state index contributed by atoms with van der Waals surface area (Å²) >= 11 is 1.51. The van der Waals surface area contributed by atoms with Gasteiger partial charge < -0.3 is 14.9 Å². The van der Waals surface area contributed by atoms with Crippen LogP contribution in [0.2, 0.25) is 0 Å². The van der Waals surface area contributed by atoms with Gasteiger partial charge in [-0.3, -0.25) is 14.4 Å². The van der Waals surface area contributed by atoms with Crippen molar-refractivity contribution in [3.63, 3.8) is 0 Å². The number of amides is 2. The summed E-state index contributed by atoms with van der Waals surface area (Å²) in [5, 5.41) is 9.16. The van der Waals surface area contributed by atoms with E-state index >= 15 is 0 Å². The van der Waals surface area contributed by atoms with Gasteiger partial charge in [0.05, 0.1) is 17.5 Å². The van der Waals surface area contributed by atoms with E-state index in [2.05, 4.69) is 0 Å². The van der Waals surface area contributed by atoms with Crippen LogP contribution in [-0.2, 0) is 14.4 Å². The summed E-state index contributed by atoms with van der Waals surface area (Å²) in [6.07, 6.45) is 2.23. The number of carboxylic acids is 1. The molecule has 3 heterocycles. The highest BCUT2D eigenvalue weighted by atomic mass is 32.2. The lowest BCUT2D eigenvalue weighted by molar-refractivity contribution is -0.144. The van der Waals surface area contributed by atoms with Crippen molar-refractivity contribution in [1.29, 1.82) is 0 Å². The summed E-state index contributed by atoms with van der Waals surface area (Å²) in [6, 6.07) is -0.107. The van der Waals surface area contributed by atoms with E-state index in [1.165, 1.54) is 11.8 Å². The van der Waals surface area contributed by atoms with Gasteiger partial charge in [0.1, 0.15) is 6.54 Å². The fraction of sp³-hybridized carbons (Fsp3) is 0.750. The first kappa shape index (κ1) is 12.8. The molecule has 3 aliphatic rings. The zero-order valence-electron chi connectivity index (χ0n) is 10.4. The highest BCUT2D eigenvalue weighted by Crippen LogP contribution is 2.41. The molecule has 0 aromatic rings. The molecule has 0 aliphatic carbocycles. The van der Waals surface area contributed by atoms with E-state index in [4.69, 9.17) is 5.11 Å². The number of thioether (sulfide) groups is 1. The number of nitrogens with zero attached hydrogens (tertiary/aromatic N) is 2. The molecule has 2 amide bonds. The predicted molar refractivity (Wildman–Crippen MR) is 68.4 cm³/mol. The van der Waals surface area contributed by atoms with Crippen LogP contribution >= 0.6 is 11.8 Å². The van der Waals surface area contributed by atoms with Crippen LogP contribution in [0.15, 0.2) is 0 Å². The van der Waals surface area contributed by atoms with Crippen LogP contribution in [-0.4, -0.2) is 62.9 Å². The zero-order chi connectivity index (χ0) is 13.6. The molecule has 19 heavy (non-hydrogen) atoms. The lowest BCUT2D eigenvalue weighted by atomic mass is 9.89. The molecule has 2 bridgehead atoms. The maximum atomic E-state index is 12.3. The normalized spacial score (nSPS) is 33.3. The lowest BCUT2D eigenvalue weighted by Gasteiger charge is -2.25. The van der Waals surface area contributed by atoms with E-state index in [9.17, 15) is 14.4 Å². The van der Waals surface area contributed by atoms with Crippen molar-refractivity contribution in [2.24, 2.45) is 5.92 Å². The molecule has 3 saturated heterocycles. The average Bonchev–Trinajstić information content (AvgIpc) is 3.04. The van der Waals surface area contributed by atoms with Gasteiger partial charge in [0, 0.05) is 12.1 Å². The molecule has 3 unspecified atom stereocenters. The highest BCUT2D eigenvalue weighted by molar-refractivity contribution is 8.00. The van der Waals surface area contributed by atoms with Gasteiger partial charge in [-0.25, -0.2) is 0 Å². The number of carbonyl (C=O) groups excluding carboxylic acids is 2. The second-order valence-electron chi connectivity index (χ2n) is 5.35. The second kappa shape index (κ2) is 4.70. The Bertz CT molecular complexity index is 441. The van der Waals surface area contributed by atoms with Crippen LogP contribution < -0.4 is 0 Å². The van der Waals surface area contributed by atoms with Crippen molar-refractivity contribution in [1.82, 2.24) is 9.80 Å². The zero-order valence-corrected chi connectivity index (χ0v) is 11.3. The third-order valence-electron chi connectivity index (χ3n) is 4.29.